The van der Waals surface area contributed by atoms with Gasteiger partial charge in [0.2, 0.25) is 6.29 Å². The summed E-state index contributed by atoms with van der Waals surface area (Å²) in [5.74, 6) is -1.26. The second kappa shape index (κ2) is 10.9. The summed E-state index contributed by atoms with van der Waals surface area (Å²) in [6, 6.07) is 15.4. The third-order valence-electron chi connectivity index (χ3n) is 4.64. The number of aliphatic hydroxyl groups excluding tert-OH is 3. The van der Waals surface area contributed by atoms with Crippen molar-refractivity contribution >= 4 is 18.0 Å². The number of para-hydroxylation sites is 2. The van der Waals surface area contributed by atoms with Gasteiger partial charge in [0.05, 0.1) is 6.61 Å². The molecule has 5 atom stereocenters. The zero-order valence-corrected chi connectivity index (χ0v) is 17.2. The van der Waals surface area contributed by atoms with Crippen LogP contribution in [0.1, 0.15) is 12.5 Å². The van der Waals surface area contributed by atoms with Gasteiger partial charge in [-0.15, -0.1) is 0 Å². The van der Waals surface area contributed by atoms with Crippen molar-refractivity contribution in [3.05, 3.63) is 66.2 Å². The first-order valence-electron chi connectivity index (χ1n) is 9.89. The van der Waals surface area contributed by atoms with Gasteiger partial charge >= 0.3 is 11.9 Å². The average molecular weight is 444 g/mol. The van der Waals surface area contributed by atoms with Crippen LogP contribution in [0, 0.1) is 0 Å². The topological polar surface area (TPSA) is 132 Å². The van der Waals surface area contributed by atoms with Crippen LogP contribution >= 0.6 is 0 Å². The minimum absolute atomic E-state index is 0.0570. The Morgan fingerprint density at radius 2 is 1.66 bits per heavy atom. The number of carbonyl (C=O) groups is 2. The fourth-order valence-electron chi connectivity index (χ4n) is 3.10. The highest BCUT2D eigenvalue weighted by molar-refractivity contribution is 5.89. The number of carbonyl (C=O) groups excluding carboxylic acids is 2. The summed E-state index contributed by atoms with van der Waals surface area (Å²) in [6.45, 7) is 0.523. The minimum atomic E-state index is -1.57. The summed E-state index contributed by atoms with van der Waals surface area (Å²) in [5, 5.41) is 29.8. The fraction of sp³-hybridized carbons (Fsp3) is 0.304. The van der Waals surface area contributed by atoms with Crippen molar-refractivity contribution in [1.29, 1.82) is 0 Å². The van der Waals surface area contributed by atoms with Crippen LogP contribution in [-0.4, -0.2) is 64.6 Å². The molecule has 1 aliphatic rings. The molecule has 9 heteroatoms. The van der Waals surface area contributed by atoms with E-state index in [1.807, 2.05) is 30.3 Å². The highest BCUT2D eigenvalue weighted by Gasteiger charge is 2.47. The largest absolute Gasteiger partial charge is 0.457 e. The van der Waals surface area contributed by atoms with Crippen molar-refractivity contribution in [2.24, 2.45) is 0 Å². The van der Waals surface area contributed by atoms with Gasteiger partial charge in [-0.1, -0.05) is 42.5 Å². The SMILES string of the molecule is CC(=O)O[C@H]1[C@H](Oc2ccccc2OC(=O)/C=C/c2ccccc2)O[C@H](CO)[C@@H](O)[C@@H]1O. The molecule has 9 nitrogen and oxygen atoms in total. The summed E-state index contributed by atoms with van der Waals surface area (Å²) >= 11 is 0. The summed E-state index contributed by atoms with van der Waals surface area (Å²) < 4.78 is 21.6. The number of esters is 2. The molecule has 2 aromatic rings. The normalized spacial score (nSPS) is 25.3. The second-order valence-electron chi connectivity index (χ2n) is 7.01. The van der Waals surface area contributed by atoms with E-state index in [-0.39, 0.29) is 11.5 Å². The molecule has 0 radical (unpaired) electrons. The number of rotatable bonds is 7. The van der Waals surface area contributed by atoms with E-state index in [9.17, 15) is 24.9 Å². The lowest BCUT2D eigenvalue weighted by Crippen LogP contribution is -2.61. The Hall–Kier alpha value is -3.24. The lowest BCUT2D eigenvalue weighted by Gasteiger charge is -2.41. The zero-order valence-electron chi connectivity index (χ0n) is 17.2. The van der Waals surface area contributed by atoms with Gasteiger partial charge in [0, 0.05) is 13.0 Å². The monoisotopic (exact) mass is 444 g/mol. The predicted molar refractivity (Wildman–Crippen MR) is 111 cm³/mol. The highest BCUT2D eigenvalue weighted by Crippen LogP contribution is 2.32. The van der Waals surface area contributed by atoms with Gasteiger partial charge in [-0.05, 0) is 23.8 Å². The van der Waals surface area contributed by atoms with E-state index < -0.39 is 49.3 Å². The molecule has 32 heavy (non-hydrogen) atoms. The number of hydrogen-bond donors (Lipinski definition) is 3. The van der Waals surface area contributed by atoms with Crippen molar-refractivity contribution in [2.75, 3.05) is 6.61 Å². The zero-order chi connectivity index (χ0) is 23.1. The van der Waals surface area contributed by atoms with Crippen molar-refractivity contribution in [1.82, 2.24) is 0 Å². The Morgan fingerprint density at radius 1 is 1.00 bits per heavy atom. The molecule has 170 valence electrons. The fourth-order valence-corrected chi connectivity index (χ4v) is 3.10. The molecule has 0 aromatic heterocycles. The van der Waals surface area contributed by atoms with E-state index in [4.69, 9.17) is 18.9 Å². The van der Waals surface area contributed by atoms with Crippen LogP contribution in [0.5, 0.6) is 11.5 Å². The molecule has 0 bridgehead atoms. The van der Waals surface area contributed by atoms with Crippen LogP contribution < -0.4 is 9.47 Å². The molecule has 0 aliphatic carbocycles. The maximum Gasteiger partial charge on any atom is 0.336 e. The highest BCUT2D eigenvalue weighted by atomic mass is 16.7. The molecule has 3 N–H and O–H groups in total. The van der Waals surface area contributed by atoms with Crippen molar-refractivity contribution in [3.8, 4) is 11.5 Å². The Labute approximate surface area is 184 Å². The van der Waals surface area contributed by atoms with Crippen LogP contribution in [-0.2, 0) is 19.1 Å². The maximum absolute atomic E-state index is 12.3. The smallest absolute Gasteiger partial charge is 0.336 e. The molecule has 0 saturated carbocycles. The van der Waals surface area contributed by atoms with E-state index >= 15 is 0 Å². The van der Waals surface area contributed by atoms with E-state index in [2.05, 4.69) is 0 Å². The average Bonchev–Trinajstić information content (AvgIpc) is 2.79. The summed E-state index contributed by atoms with van der Waals surface area (Å²) in [5.41, 5.74) is 0.816. The van der Waals surface area contributed by atoms with Crippen molar-refractivity contribution in [2.45, 2.75) is 37.6 Å². The standard InChI is InChI=1S/C23H24O9/c1-14(25)29-22-21(28)20(27)18(13-24)32-23(22)31-17-10-6-5-9-16(17)30-19(26)12-11-15-7-3-2-4-8-15/h2-12,18,20-24,27-28H,13H2,1H3/b12-11+/t18-,20-,21+,22-,23-/m1/s1. The first-order chi connectivity index (χ1) is 15.4. The molecule has 1 saturated heterocycles. The van der Waals surface area contributed by atoms with Gasteiger partial charge in [0.25, 0.3) is 0 Å². The lowest BCUT2D eigenvalue weighted by molar-refractivity contribution is -0.282. The predicted octanol–water partition coefficient (Wildman–Crippen LogP) is 1.05. The third kappa shape index (κ3) is 5.92. The Bertz CT molecular complexity index is 943. The molecule has 0 amide bonds. The van der Waals surface area contributed by atoms with Crippen molar-refractivity contribution < 1.29 is 43.9 Å². The summed E-state index contributed by atoms with van der Waals surface area (Å²) in [4.78, 5) is 23.7. The van der Waals surface area contributed by atoms with E-state index in [0.29, 0.717) is 0 Å². The molecule has 2 aromatic carbocycles. The number of ether oxygens (including phenoxy) is 4. The van der Waals surface area contributed by atoms with Gasteiger partial charge in [-0.3, -0.25) is 4.79 Å². The molecule has 0 spiro atoms. The van der Waals surface area contributed by atoms with Crippen LogP contribution in [0.4, 0.5) is 0 Å². The Balaban J connectivity index is 1.76. The van der Waals surface area contributed by atoms with Crippen LogP contribution in [0.15, 0.2) is 60.7 Å². The summed E-state index contributed by atoms with van der Waals surface area (Å²) in [7, 11) is 0. The first kappa shape index (κ1) is 23.4. The number of hydrogen-bond acceptors (Lipinski definition) is 9. The Kier molecular flexibility index (Phi) is 7.96. The number of benzene rings is 2. The molecule has 0 unspecified atom stereocenters. The molecule has 1 heterocycles. The molecule has 1 fully saturated rings. The van der Waals surface area contributed by atoms with Crippen LogP contribution in [0.3, 0.4) is 0 Å². The molecule has 1 aliphatic heterocycles. The molecular formula is C23H24O9. The minimum Gasteiger partial charge on any atom is -0.457 e. The maximum atomic E-state index is 12.3. The number of aliphatic hydroxyl groups is 3. The summed E-state index contributed by atoms with van der Waals surface area (Å²) in [6.07, 6.45) is -4.16. The molecule has 3 rings (SSSR count). The van der Waals surface area contributed by atoms with Gasteiger partial charge in [0.15, 0.2) is 17.6 Å². The van der Waals surface area contributed by atoms with E-state index in [1.54, 1.807) is 18.2 Å². The van der Waals surface area contributed by atoms with Crippen molar-refractivity contribution in [3.63, 3.8) is 0 Å². The van der Waals surface area contributed by atoms with Gasteiger partial charge in [0.1, 0.15) is 18.3 Å². The van der Waals surface area contributed by atoms with Gasteiger partial charge in [-0.2, -0.15) is 0 Å². The van der Waals surface area contributed by atoms with E-state index in [0.717, 1.165) is 12.5 Å². The second-order valence-corrected chi connectivity index (χ2v) is 7.01. The van der Waals surface area contributed by atoms with Gasteiger partial charge < -0.3 is 34.3 Å². The third-order valence-corrected chi connectivity index (χ3v) is 4.64. The van der Waals surface area contributed by atoms with E-state index in [1.165, 1.54) is 18.2 Å². The molecular weight excluding hydrogens is 420 g/mol. The van der Waals surface area contributed by atoms with Crippen LogP contribution in [0.25, 0.3) is 6.08 Å². The lowest BCUT2D eigenvalue weighted by atomic mass is 9.99. The van der Waals surface area contributed by atoms with Crippen LogP contribution in [0.2, 0.25) is 0 Å². The quantitative estimate of drug-likeness (QED) is 0.326. The van der Waals surface area contributed by atoms with Gasteiger partial charge in [-0.25, -0.2) is 4.79 Å². The first-order valence-corrected chi connectivity index (χ1v) is 9.89. The Morgan fingerprint density at radius 3 is 2.31 bits per heavy atom.